The van der Waals surface area contributed by atoms with Gasteiger partial charge in [-0.3, -0.25) is 5.32 Å². The molecule has 1 aliphatic rings. The van der Waals surface area contributed by atoms with Crippen LogP contribution in [0.2, 0.25) is 0 Å². The Morgan fingerprint density at radius 2 is 1.72 bits per heavy atom. The first kappa shape index (κ1) is 26.4. The fourth-order valence-corrected chi connectivity index (χ4v) is 4.80. The Morgan fingerprint density at radius 3 is 2.46 bits per heavy atom. The van der Waals surface area contributed by atoms with Crippen LogP contribution in [0.3, 0.4) is 0 Å². The minimum absolute atomic E-state index is 0.486. The van der Waals surface area contributed by atoms with Gasteiger partial charge >= 0.3 is 6.09 Å². The molecule has 0 radical (unpaired) electrons. The summed E-state index contributed by atoms with van der Waals surface area (Å²) < 4.78 is 5.40. The van der Waals surface area contributed by atoms with Gasteiger partial charge in [0.15, 0.2) is 0 Å². The second kappa shape index (κ2) is 10.9. The lowest BCUT2D eigenvalue weighted by Crippen LogP contribution is -2.44. The van der Waals surface area contributed by atoms with Gasteiger partial charge in [-0.25, -0.2) is 14.8 Å². The normalized spacial score (nSPS) is 14.3. The number of aromatic nitrogens is 2. The molecular formula is C31H36N6O2. The van der Waals surface area contributed by atoms with Crippen molar-refractivity contribution in [3.8, 4) is 11.1 Å². The molecule has 1 saturated heterocycles. The molecule has 4 aromatic rings. The number of piperazine rings is 1. The van der Waals surface area contributed by atoms with E-state index in [0.29, 0.717) is 11.6 Å². The molecule has 1 aromatic heterocycles. The molecule has 2 N–H and O–H groups in total. The maximum Gasteiger partial charge on any atom is 0.412 e. The summed E-state index contributed by atoms with van der Waals surface area (Å²) in [4.78, 5) is 26.6. The van der Waals surface area contributed by atoms with Gasteiger partial charge in [-0.2, -0.15) is 0 Å². The molecule has 8 heteroatoms. The van der Waals surface area contributed by atoms with Crippen molar-refractivity contribution in [1.82, 2.24) is 14.9 Å². The fourth-order valence-electron chi connectivity index (χ4n) is 4.80. The second-order valence-corrected chi connectivity index (χ2v) is 11.1. The van der Waals surface area contributed by atoms with Crippen LogP contribution in [0, 0.1) is 6.92 Å². The number of ether oxygens (including phenoxy) is 1. The van der Waals surface area contributed by atoms with Crippen LogP contribution in [-0.2, 0) is 4.74 Å². The van der Waals surface area contributed by atoms with Crippen LogP contribution in [0.25, 0.3) is 22.0 Å². The molecule has 0 atom stereocenters. The zero-order chi connectivity index (χ0) is 27.6. The number of carbonyl (C=O) groups is 1. The zero-order valence-electron chi connectivity index (χ0n) is 23.3. The van der Waals surface area contributed by atoms with Crippen LogP contribution in [0.1, 0.15) is 26.3 Å². The zero-order valence-corrected chi connectivity index (χ0v) is 23.3. The van der Waals surface area contributed by atoms with Gasteiger partial charge in [-0.15, -0.1) is 0 Å². The average Bonchev–Trinajstić information content (AvgIpc) is 2.88. The van der Waals surface area contributed by atoms with E-state index in [-0.39, 0.29) is 0 Å². The standard InChI is InChI=1S/C31H36N6O2/c1-21-18-25(12-13-27(21)37-16-14-36(5)15-17-37)33-29-32-20-23-9-7-11-26(28(23)35-29)22-8-6-10-24(19-22)34-30(38)39-31(2,3)4/h6-13,18-20H,14-17H2,1-5H3,(H,34,38)(H,32,33,35). The van der Waals surface area contributed by atoms with E-state index in [1.54, 1.807) is 0 Å². The highest BCUT2D eigenvalue weighted by atomic mass is 16.6. The second-order valence-electron chi connectivity index (χ2n) is 11.1. The number of carbonyl (C=O) groups excluding carboxylic acids is 1. The molecule has 202 valence electrons. The van der Waals surface area contributed by atoms with Crippen molar-refractivity contribution in [2.75, 3.05) is 48.8 Å². The number of likely N-dealkylation sites (N-methyl/N-ethyl adjacent to an activating group) is 1. The Hall–Kier alpha value is -4.17. The Labute approximate surface area is 230 Å². The van der Waals surface area contributed by atoms with Gasteiger partial charge in [0.2, 0.25) is 5.95 Å². The molecule has 1 aliphatic heterocycles. The Bertz CT molecular complexity index is 1490. The van der Waals surface area contributed by atoms with Crippen molar-refractivity contribution >= 4 is 40.0 Å². The summed E-state index contributed by atoms with van der Waals surface area (Å²) in [6.07, 6.45) is 1.35. The van der Waals surface area contributed by atoms with Gasteiger partial charge in [-0.1, -0.05) is 30.3 Å². The van der Waals surface area contributed by atoms with E-state index in [1.165, 1.54) is 11.3 Å². The highest BCUT2D eigenvalue weighted by molar-refractivity contribution is 5.95. The Kier molecular flexibility index (Phi) is 7.39. The molecule has 0 unspecified atom stereocenters. The van der Waals surface area contributed by atoms with Crippen molar-refractivity contribution in [3.05, 3.63) is 72.4 Å². The summed E-state index contributed by atoms with van der Waals surface area (Å²) in [6, 6.07) is 20.1. The van der Waals surface area contributed by atoms with E-state index in [9.17, 15) is 4.79 Å². The van der Waals surface area contributed by atoms with E-state index >= 15 is 0 Å². The van der Waals surface area contributed by atoms with Crippen LogP contribution in [0.4, 0.5) is 27.8 Å². The summed E-state index contributed by atoms with van der Waals surface area (Å²) in [7, 11) is 2.17. The van der Waals surface area contributed by atoms with Crippen LogP contribution in [0.5, 0.6) is 0 Å². The minimum Gasteiger partial charge on any atom is -0.444 e. The van der Waals surface area contributed by atoms with Crippen LogP contribution < -0.4 is 15.5 Å². The van der Waals surface area contributed by atoms with E-state index in [2.05, 4.69) is 57.6 Å². The van der Waals surface area contributed by atoms with Gasteiger partial charge in [0.1, 0.15) is 5.60 Å². The Balaban J connectivity index is 1.38. The van der Waals surface area contributed by atoms with Crippen molar-refractivity contribution in [1.29, 1.82) is 0 Å². The van der Waals surface area contributed by atoms with E-state index in [1.807, 2.05) is 69.4 Å². The molecule has 8 nitrogen and oxygen atoms in total. The molecular weight excluding hydrogens is 488 g/mol. The first-order valence-corrected chi connectivity index (χ1v) is 13.3. The Morgan fingerprint density at radius 1 is 0.949 bits per heavy atom. The third-order valence-electron chi connectivity index (χ3n) is 6.73. The first-order chi connectivity index (χ1) is 18.6. The number of nitrogens with zero attached hydrogens (tertiary/aromatic N) is 4. The maximum atomic E-state index is 12.3. The SMILES string of the molecule is Cc1cc(Nc2ncc3cccc(-c4cccc(NC(=O)OC(C)(C)C)c4)c3n2)ccc1N1CCN(C)CC1. The predicted molar refractivity (Wildman–Crippen MR) is 159 cm³/mol. The van der Waals surface area contributed by atoms with Crippen LogP contribution >= 0.6 is 0 Å². The average molecular weight is 525 g/mol. The largest absolute Gasteiger partial charge is 0.444 e. The van der Waals surface area contributed by atoms with E-state index < -0.39 is 11.7 Å². The number of hydrogen-bond acceptors (Lipinski definition) is 7. The molecule has 0 saturated carbocycles. The van der Waals surface area contributed by atoms with Crippen molar-refractivity contribution < 1.29 is 9.53 Å². The number of aryl methyl sites for hydroxylation is 1. The van der Waals surface area contributed by atoms with Crippen molar-refractivity contribution in [3.63, 3.8) is 0 Å². The number of amides is 1. The summed E-state index contributed by atoms with van der Waals surface area (Å²) in [5.41, 5.74) is 6.25. The first-order valence-electron chi connectivity index (χ1n) is 13.3. The fraction of sp³-hybridized carbons (Fsp3) is 0.323. The lowest BCUT2D eigenvalue weighted by molar-refractivity contribution is 0.0636. The molecule has 5 rings (SSSR count). The molecule has 0 aliphatic carbocycles. The highest BCUT2D eigenvalue weighted by Gasteiger charge is 2.18. The van der Waals surface area contributed by atoms with E-state index in [0.717, 1.165) is 53.9 Å². The lowest BCUT2D eigenvalue weighted by atomic mass is 10.0. The van der Waals surface area contributed by atoms with Crippen LogP contribution in [-0.4, -0.2) is 59.8 Å². The summed E-state index contributed by atoms with van der Waals surface area (Å²) >= 11 is 0. The van der Waals surface area contributed by atoms with E-state index in [4.69, 9.17) is 9.72 Å². The monoisotopic (exact) mass is 524 g/mol. The molecule has 39 heavy (non-hydrogen) atoms. The molecule has 3 aromatic carbocycles. The molecule has 0 bridgehead atoms. The number of nitrogens with one attached hydrogen (secondary N) is 2. The highest BCUT2D eigenvalue weighted by Crippen LogP contribution is 2.31. The molecule has 2 heterocycles. The third kappa shape index (κ3) is 6.46. The molecule has 1 fully saturated rings. The maximum absolute atomic E-state index is 12.3. The number of fused-ring (bicyclic) bond motifs is 1. The summed E-state index contributed by atoms with van der Waals surface area (Å²) in [6.45, 7) is 11.9. The quantitative estimate of drug-likeness (QED) is 0.311. The lowest BCUT2D eigenvalue weighted by Gasteiger charge is -2.35. The number of benzene rings is 3. The minimum atomic E-state index is -0.568. The van der Waals surface area contributed by atoms with Crippen molar-refractivity contribution in [2.24, 2.45) is 0 Å². The smallest absolute Gasteiger partial charge is 0.412 e. The van der Waals surface area contributed by atoms with Gasteiger partial charge in [-0.05, 0) is 76.2 Å². The van der Waals surface area contributed by atoms with Gasteiger partial charge in [0.25, 0.3) is 0 Å². The number of hydrogen-bond donors (Lipinski definition) is 2. The molecule has 1 amide bonds. The predicted octanol–water partition coefficient (Wildman–Crippen LogP) is 6.45. The van der Waals surface area contributed by atoms with Gasteiger partial charge in [0, 0.05) is 60.4 Å². The summed E-state index contributed by atoms with van der Waals surface area (Å²) in [5.74, 6) is 0.532. The molecule has 0 spiro atoms. The number of rotatable bonds is 5. The summed E-state index contributed by atoms with van der Waals surface area (Å²) in [5, 5.41) is 7.15. The van der Waals surface area contributed by atoms with Crippen LogP contribution in [0.15, 0.2) is 66.9 Å². The van der Waals surface area contributed by atoms with Gasteiger partial charge in [0.05, 0.1) is 5.52 Å². The van der Waals surface area contributed by atoms with Crippen molar-refractivity contribution in [2.45, 2.75) is 33.3 Å². The topological polar surface area (TPSA) is 82.6 Å². The number of anilines is 4. The third-order valence-corrected chi connectivity index (χ3v) is 6.73. The van der Waals surface area contributed by atoms with Gasteiger partial charge < -0.3 is 19.9 Å². The number of para-hydroxylation sites is 1.